The number of halogens is 1. The fourth-order valence-corrected chi connectivity index (χ4v) is 2.16. The van der Waals surface area contributed by atoms with E-state index in [1.807, 2.05) is 36.4 Å². The van der Waals surface area contributed by atoms with Crippen LogP contribution in [0.1, 0.15) is 12.5 Å². The Morgan fingerprint density at radius 1 is 1.31 bits per heavy atom. The summed E-state index contributed by atoms with van der Waals surface area (Å²) in [6, 6.07) is 7.93. The van der Waals surface area contributed by atoms with Crippen molar-refractivity contribution in [2.24, 2.45) is 0 Å². The van der Waals surface area contributed by atoms with E-state index in [0.29, 0.717) is 5.16 Å². The zero-order valence-corrected chi connectivity index (χ0v) is 10.1. The van der Waals surface area contributed by atoms with Gasteiger partial charge < -0.3 is 10.1 Å². The molecule has 0 radical (unpaired) electrons. The van der Waals surface area contributed by atoms with Gasteiger partial charge in [-0.3, -0.25) is 0 Å². The van der Waals surface area contributed by atoms with Crippen LogP contribution in [-0.4, -0.2) is 7.11 Å². The normalized spacial score (nSPS) is 23.6. The zero-order valence-electron chi connectivity index (χ0n) is 9.33. The predicted octanol–water partition coefficient (Wildman–Crippen LogP) is 3.15. The van der Waals surface area contributed by atoms with Gasteiger partial charge in [-0.2, -0.15) is 0 Å². The second kappa shape index (κ2) is 4.22. The summed E-state index contributed by atoms with van der Waals surface area (Å²) in [6.45, 7) is 2.07. The minimum Gasteiger partial charge on any atom is -0.496 e. The number of para-hydroxylation sites is 1. The van der Waals surface area contributed by atoms with Gasteiger partial charge in [0.2, 0.25) is 0 Å². The molecule has 0 amide bonds. The molecular weight excluding hydrogens is 222 g/mol. The van der Waals surface area contributed by atoms with Gasteiger partial charge >= 0.3 is 0 Å². The molecule has 1 heterocycles. The molecule has 2 rings (SSSR count). The van der Waals surface area contributed by atoms with Gasteiger partial charge in [0.25, 0.3) is 0 Å². The highest BCUT2D eigenvalue weighted by Gasteiger charge is 2.28. The quantitative estimate of drug-likeness (QED) is 0.796. The summed E-state index contributed by atoms with van der Waals surface area (Å²) in [7, 11) is 1.67. The van der Waals surface area contributed by atoms with Gasteiger partial charge in [0.15, 0.2) is 0 Å². The molecule has 1 unspecified atom stereocenters. The fourth-order valence-electron chi connectivity index (χ4n) is 1.89. The molecule has 1 N–H and O–H groups in total. The van der Waals surface area contributed by atoms with Gasteiger partial charge in [-0.25, -0.2) is 0 Å². The molecule has 1 aliphatic heterocycles. The third kappa shape index (κ3) is 1.93. The summed E-state index contributed by atoms with van der Waals surface area (Å²) in [4.78, 5) is 0. The first-order chi connectivity index (χ1) is 7.65. The van der Waals surface area contributed by atoms with Crippen LogP contribution < -0.4 is 10.1 Å². The van der Waals surface area contributed by atoms with Crippen LogP contribution in [0, 0.1) is 0 Å². The second-order valence-electron chi connectivity index (χ2n) is 3.90. The highest BCUT2D eigenvalue weighted by atomic mass is 35.5. The summed E-state index contributed by atoms with van der Waals surface area (Å²) in [6.07, 6.45) is 5.85. The Kier molecular flexibility index (Phi) is 2.92. The minimum absolute atomic E-state index is 0.321. The lowest BCUT2D eigenvalue weighted by atomic mass is 9.89. The molecule has 16 heavy (non-hydrogen) atoms. The highest BCUT2D eigenvalue weighted by Crippen LogP contribution is 2.33. The van der Waals surface area contributed by atoms with Crippen molar-refractivity contribution in [1.82, 2.24) is 5.32 Å². The predicted molar refractivity (Wildman–Crippen MR) is 66.6 cm³/mol. The van der Waals surface area contributed by atoms with Gasteiger partial charge in [-0.05, 0) is 19.1 Å². The van der Waals surface area contributed by atoms with E-state index in [1.165, 1.54) is 0 Å². The molecule has 0 aliphatic carbocycles. The third-order valence-corrected chi connectivity index (χ3v) is 2.94. The monoisotopic (exact) mass is 235 g/mol. The van der Waals surface area contributed by atoms with E-state index < -0.39 is 0 Å². The molecule has 1 aromatic carbocycles. The molecule has 1 aromatic rings. The number of nitrogens with one attached hydrogen (secondary N) is 1. The molecule has 1 atom stereocenters. The van der Waals surface area contributed by atoms with E-state index in [-0.39, 0.29) is 5.54 Å². The SMILES string of the molecule is COc1ccccc1C1(C)C=CC=C(Cl)N1. The van der Waals surface area contributed by atoms with Crippen molar-refractivity contribution >= 4 is 11.6 Å². The largest absolute Gasteiger partial charge is 0.496 e. The van der Waals surface area contributed by atoms with Gasteiger partial charge in [-0.15, -0.1) is 0 Å². The molecule has 3 heteroatoms. The molecular formula is C13H14ClNO. The summed E-state index contributed by atoms with van der Waals surface area (Å²) < 4.78 is 5.36. The van der Waals surface area contributed by atoms with Crippen LogP contribution in [-0.2, 0) is 5.54 Å². The van der Waals surface area contributed by atoms with Crippen LogP contribution in [0.2, 0.25) is 0 Å². The Morgan fingerprint density at radius 3 is 2.75 bits per heavy atom. The van der Waals surface area contributed by atoms with E-state index in [2.05, 4.69) is 18.3 Å². The standard InChI is InChI=1S/C13H14ClNO/c1-13(9-5-8-12(14)15-13)10-6-3-4-7-11(10)16-2/h3-9,15H,1-2H3. The molecule has 0 saturated carbocycles. The number of allylic oxidation sites excluding steroid dienone is 2. The van der Waals surface area contributed by atoms with E-state index in [0.717, 1.165) is 11.3 Å². The topological polar surface area (TPSA) is 21.3 Å². The maximum atomic E-state index is 6.00. The Balaban J connectivity index is 2.44. The molecule has 84 valence electrons. The minimum atomic E-state index is -0.321. The number of rotatable bonds is 2. The van der Waals surface area contributed by atoms with Crippen molar-refractivity contribution in [1.29, 1.82) is 0 Å². The highest BCUT2D eigenvalue weighted by molar-refractivity contribution is 6.29. The van der Waals surface area contributed by atoms with Crippen LogP contribution in [0.15, 0.2) is 47.6 Å². The summed E-state index contributed by atoms with van der Waals surface area (Å²) >= 11 is 6.00. The van der Waals surface area contributed by atoms with Crippen molar-refractivity contribution < 1.29 is 4.74 Å². The van der Waals surface area contributed by atoms with Gasteiger partial charge in [0.05, 0.1) is 12.6 Å². The molecule has 2 nitrogen and oxygen atoms in total. The second-order valence-corrected chi connectivity index (χ2v) is 4.31. The van der Waals surface area contributed by atoms with Crippen LogP contribution >= 0.6 is 11.6 Å². The Morgan fingerprint density at radius 2 is 2.06 bits per heavy atom. The van der Waals surface area contributed by atoms with Crippen LogP contribution in [0.25, 0.3) is 0 Å². The number of benzene rings is 1. The van der Waals surface area contributed by atoms with Crippen LogP contribution in [0.3, 0.4) is 0 Å². The number of ether oxygens (including phenoxy) is 1. The zero-order chi connectivity index (χ0) is 11.6. The van der Waals surface area contributed by atoms with Crippen molar-refractivity contribution in [3.05, 3.63) is 53.2 Å². The lowest BCUT2D eigenvalue weighted by Gasteiger charge is -2.32. The van der Waals surface area contributed by atoms with Crippen molar-refractivity contribution in [3.8, 4) is 5.75 Å². The van der Waals surface area contributed by atoms with Crippen molar-refractivity contribution in [2.45, 2.75) is 12.5 Å². The number of hydrogen-bond donors (Lipinski definition) is 1. The van der Waals surface area contributed by atoms with Crippen molar-refractivity contribution in [2.75, 3.05) is 7.11 Å². The van der Waals surface area contributed by atoms with E-state index in [4.69, 9.17) is 16.3 Å². The summed E-state index contributed by atoms with van der Waals surface area (Å²) in [5.74, 6) is 0.855. The molecule has 0 bridgehead atoms. The first-order valence-corrected chi connectivity index (χ1v) is 5.50. The molecule has 0 fully saturated rings. The Bertz CT molecular complexity index is 453. The Labute approximate surface area is 101 Å². The van der Waals surface area contributed by atoms with E-state index in [9.17, 15) is 0 Å². The third-order valence-electron chi connectivity index (χ3n) is 2.72. The number of dihydropyridines is 1. The number of hydrogen-bond acceptors (Lipinski definition) is 2. The van der Waals surface area contributed by atoms with E-state index >= 15 is 0 Å². The molecule has 1 aliphatic rings. The van der Waals surface area contributed by atoms with Gasteiger partial charge in [0, 0.05) is 5.56 Å². The van der Waals surface area contributed by atoms with Gasteiger partial charge in [-0.1, -0.05) is 42.0 Å². The summed E-state index contributed by atoms with van der Waals surface area (Å²) in [5, 5.41) is 3.88. The van der Waals surface area contributed by atoms with Gasteiger partial charge in [0.1, 0.15) is 10.9 Å². The smallest absolute Gasteiger partial charge is 0.124 e. The maximum Gasteiger partial charge on any atom is 0.124 e. The van der Waals surface area contributed by atoms with Crippen LogP contribution in [0.4, 0.5) is 0 Å². The van der Waals surface area contributed by atoms with E-state index in [1.54, 1.807) is 7.11 Å². The molecule has 0 aromatic heterocycles. The first-order valence-electron chi connectivity index (χ1n) is 5.12. The first kappa shape index (κ1) is 11.1. The fraction of sp³-hybridized carbons (Fsp3) is 0.231. The Hall–Kier alpha value is -1.41. The molecule has 0 saturated heterocycles. The maximum absolute atomic E-state index is 6.00. The van der Waals surface area contributed by atoms with Crippen LogP contribution in [0.5, 0.6) is 5.75 Å². The lowest BCUT2D eigenvalue weighted by molar-refractivity contribution is 0.391. The average Bonchev–Trinajstić information content (AvgIpc) is 2.29. The number of methoxy groups -OCH3 is 1. The lowest BCUT2D eigenvalue weighted by Crippen LogP contribution is -2.37. The molecule has 0 spiro atoms. The summed E-state index contributed by atoms with van der Waals surface area (Å²) in [5.41, 5.74) is 0.748. The average molecular weight is 236 g/mol. The van der Waals surface area contributed by atoms with Crippen molar-refractivity contribution in [3.63, 3.8) is 0 Å².